The van der Waals surface area contributed by atoms with Crippen molar-refractivity contribution < 1.29 is 4.74 Å². The summed E-state index contributed by atoms with van der Waals surface area (Å²) in [7, 11) is 1.72. The fourth-order valence-corrected chi connectivity index (χ4v) is 2.74. The molecule has 1 saturated heterocycles. The molecule has 1 N–H and O–H groups in total. The molecule has 0 aliphatic carbocycles. The molecule has 3 heteroatoms. The summed E-state index contributed by atoms with van der Waals surface area (Å²) in [6.07, 6.45) is 2.33. The molecule has 2 rings (SSSR count). The highest BCUT2D eigenvalue weighted by Gasteiger charge is 2.28. The van der Waals surface area contributed by atoms with Gasteiger partial charge in [0.05, 0.1) is 7.11 Å². The van der Waals surface area contributed by atoms with Gasteiger partial charge in [0, 0.05) is 25.2 Å². The van der Waals surface area contributed by atoms with Gasteiger partial charge in [0.2, 0.25) is 0 Å². The Morgan fingerprint density at radius 3 is 2.95 bits per heavy atom. The van der Waals surface area contributed by atoms with Crippen molar-refractivity contribution in [3.05, 3.63) is 29.8 Å². The molecule has 0 radical (unpaired) electrons. The van der Waals surface area contributed by atoms with Gasteiger partial charge in [0.15, 0.2) is 0 Å². The molecular weight excluding hydrogens is 236 g/mol. The van der Waals surface area contributed by atoms with Crippen LogP contribution in [0, 0.1) is 0 Å². The zero-order valence-corrected chi connectivity index (χ0v) is 12.4. The summed E-state index contributed by atoms with van der Waals surface area (Å²) < 4.78 is 5.27. The number of ether oxygens (including phenoxy) is 1. The zero-order chi connectivity index (χ0) is 13.7. The molecule has 1 heterocycles. The molecule has 1 fully saturated rings. The van der Waals surface area contributed by atoms with E-state index in [0.29, 0.717) is 0 Å². The molecule has 1 aromatic carbocycles. The van der Waals surface area contributed by atoms with E-state index in [0.717, 1.165) is 31.8 Å². The molecule has 1 aliphatic rings. The number of hydrogen-bond acceptors (Lipinski definition) is 3. The van der Waals surface area contributed by atoms with Crippen LogP contribution in [0.25, 0.3) is 0 Å². The Hall–Kier alpha value is -1.06. The van der Waals surface area contributed by atoms with Crippen LogP contribution in [0.1, 0.15) is 25.8 Å². The third-order valence-corrected chi connectivity index (χ3v) is 4.00. The van der Waals surface area contributed by atoms with E-state index in [1.165, 1.54) is 18.5 Å². The van der Waals surface area contributed by atoms with Crippen LogP contribution in [-0.4, -0.2) is 43.7 Å². The number of benzene rings is 1. The van der Waals surface area contributed by atoms with Gasteiger partial charge in [-0.05, 0) is 50.9 Å². The fourth-order valence-electron chi connectivity index (χ4n) is 2.74. The standard InChI is InChI=1S/C16H26N2O/c1-16(2)13-17-9-11-18(16)10-5-7-14-6-4-8-15(12-14)19-3/h4,6,8,12,17H,5,7,9-11,13H2,1-3H3. The smallest absolute Gasteiger partial charge is 0.119 e. The van der Waals surface area contributed by atoms with Crippen molar-refractivity contribution in [2.75, 3.05) is 33.3 Å². The molecule has 19 heavy (non-hydrogen) atoms. The largest absolute Gasteiger partial charge is 0.497 e. The highest BCUT2D eigenvalue weighted by Crippen LogP contribution is 2.18. The lowest BCUT2D eigenvalue weighted by molar-refractivity contribution is 0.0895. The van der Waals surface area contributed by atoms with Crippen LogP contribution >= 0.6 is 0 Å². The van der Waals surface area contributed by atoms with Crippen LogP contribution in [0.2, 0.25) is 0 Å². The Labute approximate surface area is 116 Å². The Bertz CT molecular complexity index is 403. The lowest BCUT2D eigenvalue weighted by Gasteiger charge is -2.43. The second-order valence-electron chi connectivity index (χ2n) is 5.93. The van der Waals surface area contributed by atoms with E-state index in [2.05, 4.69) is 42.3 Å². The summed E-state index contributed by atoms with van der Waals surface area (Å²) >= 11 is 0. The van der Waals surface area contributed by atoms with E-state index in [1.807, 2.05) is 6.07 Å². The van der Waals surface area contributed by atoms with Gasteiger partial charge in [-0.3, -0.25) is 4.90 Å². The van der Waals surface area contributed by atoms with Crippen LogP contribution in [-0.2, 0) is 6.42 Å². The third kappa shape index (κ3) is 3.95. The summed E-state index contributed by atoms with van der Waals surface area (Å²) in [4.78, 5) is 2.60. The quantitative estimate of drug-likeness (QED) is 0.881. The molecule has 1 aromatic rings. The Kier molecular flexibility index (Phi) is 4.83. The molecule has 0 unspecified atom stereocenters. The number of rotatable bonds is 5. The van der Waals surface area contributed by atoms with Crippen LogP contribution in [0.4, 0.5) is 0 Å². The van der Waals surface area contributed by atoms with Crippen molar-refractivity contribution in [1.29, 1.82) is 0 Å². The number of aryl methyl sites for hydroxylation is 1. The second-order valence-corrected chi connectivity index (χ2v) is 5.93. The molecule has 0 amide bonds. The summed E-state index contributed by atoms with van der Waals surface area (Å²) in [6.45, 7) is 9.18. The number of hydrogen-bond donors (Lipinski definition) is 1. The Balaban J connectivity index is 1.82. The Morgan fingerprint density at radius 1 is 1.37 bits per heavy atom. The van der Waals surface area contributed by atoms with Crippen molar-refractivity contribution in [2.24, 2.45) is 0 Å². The third-order valence-electron chi connectivity index (χ3n) is 4.00. The van der Waals surface area contributed by atoms with Gasteiger partial charge in [-0.2, -0.15) is 0 Å². The van der Waals surface area contributed by atoms with E-state index in [4.69, 9.17) is 4.74 Å². The van der Waals surface area contributed by atoms with Gasteiger partial charge in [0.25, 0.3) is 0 Å². The van der Waals surface area contributed by atoms with Crippen LogP contribution < -0.4 is 10.1 Å². The maximum atomic E-state index is 5.27. The minimum atomic E-state index is 0.284. The fraction of sp³-hybridized carbons (Fsp3) is 0.625. The van der Waals surface area contributed by atoms with E-state index in [-0.39, 0.29) is 5.54 Å². The van der Waals surface area contributed by atoms with Crippen molar-refractivity contribution in [3.8, 4) is 5.75 Å². The van der Waals surface area contributed by atoms with E-state index in [9.17, 15) is 0 Å². The average Bonchev–Trinajstić information content (AvgIpc) is 2.41. The van der Waals surface area contributed by atoms with Crippen molar-refractivity contribution >= 4 is 0 Å². The van der Waals surface area contributed by atoms with Crippen LogP contribution in [0.15, 0.2) is 24.3 Å². The lowest BCUT2D eigenvalue weighted by Crippen LogP contribution is -2.58. The lowest BCUT2D eigenvalue weighted by atomic mass is 9.99. The molecule has 1 aliphatic heterocycles. The number of nitrogens with zero attached hydrogens (tertiary/aromatic N) is 1. The van der Waals surface area contributed by atoms with Crippen LogP contribution in [0.5, 0.6) is 5.75 Å². The van der Waals surface area contributed by atoms with Gasteiger partial charge in [-0.15, -0.1) is 0 Å². The first-order valence-corrected chi connectivity index (χ1v) is 7.20. The summed E-state index contributed by atoms with van der Waals surface area (Å²) in [5.41, 5.74) is 1.65. The van der Waals surface area contributed by atoms with Gasteiger partial charge in [0.1, 0.15) is 5.75 Å². The monoisotopic (exact) mass is 262 g/mol. The minimum Gasteiger partial charge on any atom is -0.497 e. The molecule has 0 atom stereocenters. The van der Waals surface area contributed by atoms with Gasteiger partial charge in [-0.1, -0.05) is 12.1 Å². The number of nitrogens with one attached hydrogen (secondary N) is 1. The summed E-state index contributed by atoms with van der Waals surface area (Å²) in [5.74, 6) is 0.958. The highest BCUT2D eigenvalue weighted by molar-refractivity contribution is 5.28. The van der Waals surface area contributed by atoms with Gasteiger partial charge in [-0.25, -0.2) is 0 Å². The molecule has 0 saturated carbocycles. The van der Waals surface area contributed by atoms with E-state index < -0.39 is 0 Å². The molecule has 106 valence electrons. The van der Waals surface area contributed by atoms with Crippen molar-refractivity contribution in [2.45, 2.75) is 32.2 Å². The van der Waals surface area contributed by atoms with Gasteiger partial charge < -0.3 is 10.1 Å². The highest BCUT2D eigenvalue weighted by atomic mass is 16.5. The van der Waals surface area contributed by atoms with Crippen molar-refractivity contribution in [3.63, 3.8) is 0 Å². The zero-order valence-electron chi connectivity index (χ0n) is 12.4. The van der Waals surface area contributed by atoms with Crippen molar-refractivity contribution in [1.82, 2.24) is 10.2 Å². The minimum absolute atomic E-state index is 0.284. The first kappa shape index (κ1) is 14.4. The number of methoxy groups -OCH3 is 1. The van der Waals surface area contributed by atoms with Crippen LogP contribution in [0.3, 0.4) is 0 Å². The molecule has 0 bridgehead atoms. The molecule has 0 spiro atoms. The summed E-state index contributed by atoms with van der Waals surface area (Å²) in [6, 6.07) is 8.40. The average molecular weight is 262 g/mol. The SMILES string of the molecule is COc1cccc(CCCN2CCNCC2(C)C)c1. The first-order chi connectivity index (χ1) is 9.12. The molecule has 0 aromatic heterocycles. The summed E-state index contributed by atoms with van der Waals surface area (Å²) in [5, 5.41) is 3.47. The Morgan fingerprint density at radius 2 is 2.21 bits per heavy atom. The predicted octanol–water partition coefficient (Wildman–Crippen LogP) is 2.31. The number of piperazine rings is 1. The van der Waals surface area contributed by atoms with Gasteiger partial charge >= 0.3 is 0 Å². The second kappa shape index (κ2) is 6.40. The normalized spacial score (nSPS) is 19.3. The molecular formula is C16H26N2O. The topological polar surface area (TPSA) is 24.5 Å². The molecule has 3 nitrogen and oxygen atoms in total. The maximum Gasteiger partial charge on any atom is 0.119 e. The van der Waals surface area contributed by atoms with E-state index >= 15 is 0 Å². The van der Waals surface area contributed by atoms with E-state index in [1.54, 1.807) is 7.11 Å². The first-order valence-electron chi connectivity index (χ1n) is 7.20. The maximum absolute atomic E-state index is 5.27. The predicted molar refractivity (Wildman–Crippen MR) is 79.8 cm³/mol.